The van der Waals surface area contributed by atoms with Crippen molar-refractivity contribution in [3.8, 4) is 0 Å². The molecule has 1 aromatic carbocycles. The number of nitrogens with two attached hydrogens (primary N) is 1. The summed E-state index contributed by atoms with van der Waals surface area (Å²) in [5.74, 6) is 2.12. The minimum Gasteiger partial charge on any atom is -0.370 e. The Morgan fingerprint density at radius 2 is 1.82 bits per heavy atom. The van der Waals surface area contributed by atoms with E-state index in [1.807, 2.05) is 6.07 Å². The highest BCUT2D eigenvalue weighted by Gasteiger charge is 2.03. The van der Waals surface area contributed by atoms with Crippen LogP contribution in [0.4, 0.5) is 0 Å². The Hall–Kier alpha value is -1.51. The van der Waals surface area contributed by atoms with Crippen molar-refractivity contribution in [2.75, 3.05) is 13.1 Å². The standard InChI is InChI=1S/C19H33N3/c1-16(2)8-7-9-17(3)12-14-21-19(20)22-15-13-18-10-5-4-6-11-18/h4-6,10-11,16-17H,7-9,12-15H2,1-3H3,(H3,20,21,22). The van der Waals surface area contributed by atoms with Crippen molar-refractivity contribution >= 4 is 5.96 Å². The second kappa shape index (κ2) is 11.1. The largest absolute Gasteiger partial charge is 0.370 e. The van der Waals surface area contributed by atoms with Gasteiger partial charge in [-0.3, -0.25) is 4.99 Å². The van der Waals surface area contributed by atoms with E-state index in [1.165, 1.54) is 24.8 Å². The van der Waals surface area contributed by atoms with Crippen LogP contribution >= 0.6 is 0 Å². The summed E-state index contributed by atoms with van der Waals surface area (Å²) in [5.41, 5.74) is 7.22. The highest BCUT2D eigenvalue weighted by molar-refractivity contribution is 5.77. The molecule has 0 heterocycles. The molecular weight excluding hydrogens is 270 g/mol. The summed E-state index contributed by atoms with van der Waals surface area (Å²) in [6.07, 6.45) is 6.06. The first-order chi connectivity index (χ1) is 10.6. The van der Waals surface area contributed by atoms with Gasteiger partial charge in [-0.15, -0.1) is 0 Å². The Balaban J connectivity index is 2.09. The van der Waals surface area contributed by atoms with Crippen LogP contribution in [0.5, 0.6) is 0 Å². The van der Waals surface area contributed by atoms with Gasteiger partial charge in [0, 0.05) is 13.1 Å². The van der Waals surface area contributed by atoms with Gasteiger partial charge in [0.15, 0.2) is 5.96 Å². The van der Waals surface area contributed by atoms with E-state index in [2.05, 4.69) is 55.3 Å². The van der Waals surface area contributed by atoms with E-state index in [1.54, 1.807) is 0 Å². The van der Waals surface area contributed by atoms with Gasteiger partial charge in [0.25, 0.3) is 0 Å². The van der Waals surface area contributed by atoms with E-state index >= 15 is 0 Å². The van der Waals surface area contributed by atoms with Gasteiger partial charge in [0.05, 0.1) is 0 Å². The van der Waals surface area contributed by atoms with Crippen molar-refractivity contribution in [3.05, 3.63) is 35.9 Å². The van der Waals surface area contributed by atoms with Gasteiger partial charge >= 0.3 is 0 Å². The molecule has 0 saturated heterocycles. The molecule has 0 radical (unpaired) electrons. The summed E-state index contributed by atoms with van der Waals surface area (Å²) >= 11 is 0. The average Bonchev–Trinajstić information content (AvgIpc) is 2.48. The Kier molecular flexibility index (Phi) is 9.36. The third kappa shape index (κ3) is 9.43. The van der Waals surface area contributed by atoms with Crippen LogP contribution in [0.15, 0.2) is 35.3 Å². The van der Waals surface area contributed by atoms with Gasteiger partial charge in [-0.2, -0.15) is 0 Å². The maximum atomic E-state index is 5.90. The molecule has 0 bridgehead atoms. The number of benzene rings is 1. The van der Waals surface area contributed by atoms with Crippen LogP contribution in [0.2, 0.25) is 0 Å². The number of nitrogens with zero attached hydrogens (tertiary/aromatic N) is 1. The first-order valence-electron chi connectivity index (χ1n) is 8.65. The topological polar surface area (TPSA) is 50.4 Å². The summed E-state index contributed by atoms with van der Waals surface area (Å²) in [6.45, 7) is 8.55. The monoisotopic (exact) mass is 303 g/mol. The van der Waals surface area contributed by atoms with Gasteiger partial charge in [0.2, 0.25) is 0 Å². The van der Waals surface area contributed by atoms with Gasteiger partial charge < -0.3 is 11.1 Å². The van der Waals surface area contributed by atoms with Gasteiger partial charge in [-0.25, -0.2) is 0 Å². The maximum absolute atomic E-state index is 5.90. The smallest absolute Gasteiger partial charge is 0.188 e. The molecule has 3 heteroatoms. The molecule has 1 atom stereocenters. The lowest BCUT2D eigenvalue weighted by Crippen LogP contribution is -2.33. The van der Waals surface area contributed by atoms with Crippen molar-refractivity contribution in [2.45, 2.75) is 52.9 Å². The second-order valence-electron chi connectivity index (χ2n) is 6.65. The van der Waals surface area contributed by atoms with Gasteiger partial charge in [-0.05, 0) is 30.2 Å². The van der Waals surface area contributed by atoms with Crippen LogP contribution < -0.4 is 11.1 Å². The van der Waals surface area contributed by atoms with E-state index in [9.17, 15) is 0 Å². The molecule has 0 amide bonds. The molecule has 1 unspecified atom stereocenters. The van der Waals surface area contributed by atoms with E-state index in [4.69, 9.17) is 5.73 Å². The molecule has 0 aliphatic heterocycles. The van der Waals surface area contributed by atoms with E-state index in [0.29, 0.717) is 5.96 Å². The lowest BCUT2D eigenvalue weighted by atomic mass is 9.97. The quantitative estimate of drug-likeness (QED) is 0.507. The summed E-state index contributed by atoms with van der Waals surface area (Å²) < 4.78 is 0. The minimum absolute atomic E-state index is 0.574. The van der Waals surface area contributed by atoms with Crippen LogP contribution in [-0.4, -0.2) is 19.0 Å². The number of hydrogen-bond donors (Lipinski definition) is 2. The SMILES string of the molecule is CC(C)CCCC(C)CCN=C(N)NCCc1ccccc1. The molecule has 3 nitrogen and oxygen atoms in total. The molecule has 1 rings (SSSR count). The van der Waals surface area contributed by atoms with Crippen LogP contribution in [0.1, 0.15) is 52.0 Å². The number of aliphatic imine (C=N–C) groups is 1. The maximum Gasteiger partial charge on any atom is 0.188 e. The van der Waals surface area contributed by atoms with Crippen molar-refractivity contribution < 1.29 is 0 Å². The molecular formula is C19H33N3. The Bertz CT molecular complexity index is 412. The molecule has 0 aliphatic rings. The number of rotatable bonds is 10. The molecule has 1 aromatic rings. The molecule has 22 heavy (non-hydrogen) atoms. The van der Waals surface area contributed by atoms with E-state index in [0.717, 1.165) is 37.8 Å². The summed E-state index contributed by atoms with van der Waals surface area (Å²) in [7, 11) is 0. The first kappa shape index (κ1) is 18.5. The number of hydrogen-bond acceptors (Lipinski definition) is 1. The predicted octanol–water partition coefficient (Wildman–Crippen LogP) is 3.99. The molecule has 124 valence electrons. The number of nitrogens with one attached hydrogen (secondary N) is 1. The van der Waals surface area contributed by atoms with Crippen LogP contribution in [-0.2, 0) is 6.42 Å². The third-order valence-electron chi connectivity index (χ3n) is 3.95. The molecule has 0 aromatic heterocycles. The highest BCUT2D eigenvalue weighted by atomic mass is 15.1. The predicted molar refractivity (Wildman–Crippen MR) is 97.1 cm³/mol. The summed E-state index contributed by atoms with van der Waals surface area (Å²) in [5, 5.41) is 3.19. The zero-order valence-corrected chi connectivity index (χ0v) is 14.5. The molecule has 0 fully saturated rings. The Labute approximate surface area is 136 Å². The van der Waals surface area contributed by atoms with Crippen molar-refractivity contribution in [1.82, 2.24) is 5.32 Å². The Morgan fingerprint density at radius 1 is 1.09 bits per heavy atom. The van der Waals surface area contributed by atoms with Crippen LogP contribution in [0.3, 0.4) is 0 Å². The van der Waals surface area contributed by atoms with E-state index < -0.39 is 0 Å². The van der Waals surface area contributed by atoms with Crippen LogP contribution in [0.25, 0.3) is 0 Å². The number of guanidine groups is 1. The van der Waals surface area contributed by atoms with Gasteiger partial charge in [-0.1, -0.05) is 70.4 Å². The third-order valence-corrected chi connectivity index (χ3v) is 3.95. The first-order valence-corrected chi connectivity index (χ1v) is 8.65. The molecule has 0 spiro atoms. The van der Waals surface area contributed by atoms with Crippen molar-refractivity contribution in [2.24, 2.45) is 22.6 Å². The molecule has 0 aliphatic carbocycles. The van der Waals surface area contributed by atoms with Crippen LogP contribution in [0, 0.1) is 11.8 Å². The second-order valence-corrected chi connectivity index (χ2v) is 6.65. The highest BCUT2D eigenvalue weighted by Crippen LogP contribution is 2.14. The fourth-order valence-corrected chi connectivity index (χ4v) is 2.46. The fraction of sp³-hybridized carbons (Fsp3) is 0.632. The summed E-state index contributed by atoms with van der Waals surface area (Å²) in [6, 6.07) is 10.4. The molecule has 3 N–H and O–H groups in total. The van der Waals surface area contributed by atoms with Gasteiger partial charge in [0.1, 0.15) is 0 Å². The zero-order chi connectivity index (χ0) is 16.2. The lowest BCUT2D eigenvalue weighted by molar-refractivity contribution is 0.441. The normalized spacial score (nSPS) is 13.4. The van der Waals surface area contributed by atoms with E-state index in [-0.39, 0.29) is 0 Å². The average molecular weight is 303 g/mol. The molecule has 0 saturated carbocycles. The lowest BCUT2D eigenvalue weighted by Gasteiger charge is -2.11. The van der Waals surface area contributed by atoms with Crippen molar-refractivity contribution in [3.63, 3.8) is 0 Å². The minimum atomic E-state index is 0.574. The van der Waals surface area contributed by atoms with Crippen molar-refractivity contribution in [1.29, 1.82) is 0 Å². The zero-order valence-electron chi connectivity index (χ0n) is 14.5. The fourth-order valence-electron chi connectivity index (χ4n) is 2.46. The summed E-state index contributed by atoms with van der Waals surface area (Å²) in [4.78, 5) is 4.42. The Morgan fingerprint density at radius 3 is 2.50 bits per heavy atom.